The standard InChI is InChI=1S/C16H26N2O5S/c1-5-6-7-10-17-16(19)12(2)18-24(20,21)13-8-9-14(22-3)15(11-13)23-4/h8-9,11-12,18H,5-7,10H2,1-4H3,(H,17,19)/t12-/m1/s1. The first-order valence-electron chi connectivity index (χ1n) is 7.87. The zero-order chi connectivity index (χ0) is 18.2. The Balaban J connectivity index is 2.76. The van der Waals surface area contributed by atoms with Gasteiger partial charge in [0.05, 0.1) is 25.2 Å². The summed E-state index contributed by atoms with van der Waals surface area (Å²) in [6.45, 7) is 4.12. The van der Waals surface area contributed by atoms with Gasteiger partial charge >= 0.3 is 0 Å². The molecule has 0 radical (unpaired) electrons. The molecule has 0 fully saturated rings. The summed E-state index contributed by atoms with van der Waals surface area (Å²) in [6, 6.07) is 3.38. The highest BCUT2D eigenvalue weighted by atomic mass is 32.2. The van der Waals surface area contributed by atoms with Gasteiger partial charge in [-0.25, -0.2) is 8.42 Å². The molecule has 0 saturated carbocycles. The van der Waals surface area contributed by atoms with Crippen LogP contribution in [-0.4, -0.2) is 41.1 Å². The molecule has 1 atom stereocenters. The molecule has 0 aromatic heterocycles. The van der Waals surface area contributed by atoms with Gasteiger partial charge in [0.25, 0.3) is 0 Å². The Morgan fingerprint density at radius 3 is 2.42 bits per heavy atom. The summed E-state index contributed by atoms with van der Waals surface area (Å²) in [5, 5.41) is 2.72. The summed E-state index contributed by atoms with van der Waals surface area (Å²) < 4.78 is 37.4. The molecular weight excluding hydrogens is 332 g/mol. The zero-order valence-corrected chi connectivity index (χ0v) is 15.4. The van der Waals surface area contributed by atoms with Gasteiger partial charge in [-0.1, -0.05) is 19.8 Å². The van der Waals surface area contributed by atoms with Gasteiger partial charge < -0.3 is 14.8 Å². The first-order chi connectivity index (χ1) is 11.4. The minimum atomic E-state index is -3.84. The number of hydrogen-bond donors (Lipinski definition) is 2. The highest BCUT2D eigenvalue weighted by Gasteiger charge is 2.23. The lowest BCUT2D eigenvalue weighted by molar-refractivity contribution is -0.122. The van der Waals surface area contributed by atoms with Gasteiger partial charge in [0.2, 0.25) is 15.9 Å². The molecule has 7 nitrogen and oxygen atoms in total. The van der Waals surface area contributed by atoms with Crippen molar-refractivity contribution >= 4 is 15.9 Å². The Labute approximate surface area is 143 Å². The number of methoxy groups -OCH3 is 2. The molecule has 0 saturated heterocycles. The summed E-state index contributed by atoms with van der Waals surface area (Å²) in [5.74, 6) is 0.380. The second-order valence-electron chi connectivity index (χ2n) is 5.36. The molecular formula is C16H26N2O5S. The van der Waals surface area contributed by atoms with Crippen LogP contribution in [0.4, 0.5) is 0 Å². The molecule has 0 bridgehead atoms. The van der Waals surface area contributed by atoms with E-state index in [2.05, 4.69) is 17.0 Å². The minimum Gasteiger partial charge on any atom is -0.493 e. The van der Waals surface area contributed by atoms with Crippen molar-refractivity contribution in [2.75, 3.05) is 20.8 Å². The van der Waals surface area contributed by atoms with Crippen molar-refractivity contribution < 1.29 is 22.7 Å². The third-order valence-electron chi connectivity index (χ3n) is 3.47. The number of amides is 1. The van der Waals surface area contributed by atoms with E-state index in [0.29, 0.717) is 18.0 Å². The van der Waals surface area contributed by atoms with Crippen molar-refractivity contribution in [2.24, 2.45) is 0 Å². The van der Waals surface area contributed by atoms with E-state index in [1.165, 1.54) is 39.3 Å². The fourth-order valence-electron chi connectivity index (χ4n) is 2.08. The summed E-state index contributed by atoms with van der Waals surface area (Å²) in [6.07, 6.45) is 2.95. The molecule has 0 aliphatic carbocycles. The molecule has 1 aromatic carbocycles. The zero-order valence-electron chi connectivity index (χ0n) is 14.6. The highest BCUT2D eigenvalue weighted by Crippen LogP contribution is 2.29. The molecule has 1 aromatic rings. The Morgan fingerprint density at radius 2 is 1.83 bits per heavy atom. The van der Waals surface area contributed by atoms with Gasteiger partial charge in [0.15, 0.2) is 11.5 Å². The highest BCUT2D eigenvalue weighted by molar-refractivity contribution is 7.89. The molecule has 8 heteroatoms. The maximum Gasteiger partial charge on any atom is 0.241 e. The molecule has 24 heavy (non-hydrogen) atoms. The van der Waals surface area contributed by atoms with Crippen LogP contribution in [0.25, 0.3) is 0 Å². The SMILES string of the molecule is CCCCCNC(=O)[C@@H](C)NS(=O)(=O)c1ccc(OC)c(OC)c1. The van der Waals surface area contributed by atoms with Gasteiger partial charge in [-0.3, -0.25) is 4.79 Å². The van der Waals surface area contributed by atoms with Crippen LogP contribution in [0, 0.1) is 0 Å². The van der Waals surface area contributed by atoms with E-state index < -0.39 is 16.1 Å². The van der Waals surface area contributed by atoms with Gasteiger partial charge in [0.1, 0.15) is 0 Å². The third-order valence-corrected chi connectivity index (χ3v) is 5.01. The number of hydrogen-bond acceptors (Lipinski definition) is 5. The normalized spacial score (nSPS) is 12.5. The molecule has 0 unspecified atom stereocenters. The van der Waals surface area contributed by atoms with E-state index in [1.807, 2.05) is 0 Å². The monoisotopic (exact) mass is 358 g/mol. The van der Waals surface area contributed by atoms with Crippen molar-refractivity contribution in [1.82, 2.24) is 10.0 Å². The van der Waals surface area contributed by atoms with Crippen LogP contribution in [0.15, 0.2) is 23.1 Å². The Kier molecular flexibility index (Phi) is 8.00. The van der Waals surface area contributed by atoms with Crippen LogP contribution in [0.1, 0.15) is 33.1 Å². The van der Waals surface area contributed by atoms with Gasteiger partial charge in [-0.15, -0.1) is 0 Å². The lowest BCUT2D eigenvalue weighted by atomic mass is 10.2. The quantitative estimate of drug-likeness (QED) is 0.621. The van der Waals surface area contributed by atoms with Crippen LogP contribution in [0.3, 0.4) is 0 Å². The van der Waals surface area contributed by atoms with E-state index in [4.69, 9.17) is 9.47 Å². The predicted octanol–water partition coefficient (Wildman–Crippen LogP) is 1.68. The van der Waals surface area contributed by atoms with Crippen molar-refractivity contribution in [3.05, 3.63) is 18.2 Å². The maximum absolute atomic E-state index is 12.4. The van der Waals surface area contributed by atoms with Crippen molar-refractivity contribution in [1.29, 1.82) is 0 Å². The molecule has 0 aliphatic rings. The molecule has 1 rings (SSSR count). The first-order valence-corrected chi connectivity index (χ1v) is 9.36. The summed E-state index contributed by atoms with van der Waals surface area (Å²) in [5.41, 5.74) is 0. The number of carbonyl (C=O) groups excluding carboxylic acids is 1. The average molecular weight is 358 g/mol. The summed E-state index contributed by atoms with van der Waals surface area (Å²) >= 11 is 0. The predicted molar refractivity (Wildman–Crippen MR) is 91.9 cm³/mol. The smallest absolute Gasteiger partial charge is 0.241 e. The second-order valence-corrected chi connectivity index (χ2v) is 7.07. The van der Waals surface area contributed by atoms with Crippen LogP contribution in [0.2, 0.25) is 0 Å². The van der Waals surface area contributed by atoms with E-state index in [9.17, 15) is 13.2 Å². The Bertz CT molecular complexity index is 646. The largest absolute Gasteiger partial charge is 0.493 e. The van der Waals surface area contributed by atoms with Crippen molar-refractivity contribution in [2.45, 2.75) is 44.0 Å². The van der Waals surface area contributed by atoms with Crippen LogP contribution < -0.4 is 19.5 Å². The molecule has 136 valence electrons. The molecule has 1 amide bonds. The number of ether oxygens (including phenoxy) is 2. The van der Waals surface area contributed by atoms with Crippen LogP contribution in [0.5, 0.6) is 11.5 Å². The van der Waals surface area contributed by atoms with Gasteiger partial charge in [-0.2, -0.15) is 4.72 Å². The third kappa shape index (κ3) is 5.68. The Hall–Kier alpha value is -1.80. The number of rotatable bonds is 10. The lowest BCUT2D eigenvalue weighted by Crippen LogP contribution is -2.44. The number of nitrogens with one attached hydrogen (secondary N) is 2. The van der Waals surface area contributed by atoms with Crippen molar-refractivity contribution in [3.8, 4) is 11.5 Å². The van der Waals surface area contributed by atoms with E-state index >= 15 is 0 Å². The molecule has 0 heterocycles. The fourth-order valence-corrected chi connectivity index (χ4v) is 3.30. The number of benzene rings is 1. The molecule has 0 spiro atoms. The molecule has 0 aliphatic heterocycles. The second kappa shape index (κ2) is 9.48. The number of unbranched alkanes of at least 4 members (excludes halogenated alkanes) is 2. The first kappa shape index (κ1) is 20.2. The van der Waals surface area contributed by atoms with Crippen LogP contribution in [-0.2, 0) is 14.8 Å². The summed E-state index contributed by atoms with van der Waals surface area (Å²) in [4.78, 5) is 12.0. The lowest BCUT2D eigenvalue weighted by Gasteiger charge is -2.15. The van der Waals surface area contributed by atoms with E-state index in [1.54, 1.807) is 0 Å². The van der Waals surface area contributed by atoms with Crippen molar-refractivity contribution in [3.63, 3.8) is 0 Å². The average Bonchev–Trinajstić information content (AvgIpc) is 2.57. The molecule has 2 N–H and O–H groups in total. The minimum absolute atomic E-state index is 0.00535. The van der Waals surface area contributed by atoms with E-state index in [-0.39, 0.29) is 10.8 Å². The number of carbonyl (C=O) groups is 1. The fraction of sp³-hybridized carbons (Fsp3) is 0.562. The maximum atomic E-state index is 12.4. The van der Waals surface area contributed by atoms with Gasteiger partial charge in [-0.05, 0) is 25.5 Å². The topological polar surface area (TPSA) is 93.7 Å². The number of sulfonamides is 1. The van der Waals surface area contributed by atoms with Gasteiger partial charge in [0, 0.05) is 12.6 Å². The summed E-state index contributed by atoms with van der Waals surface area (Å²) in [7, 11) is -0.952. The van der Waals surface area contributed by atoms with E-state index in [0.717, 1.165) is 19.3 Å². The Morgan fingerprint density at radius 1 is 1.17 bits per heavy atom. The van der Waals surface area contributed by atoms with Crippen LogP contribution >= 0.6 is 0 Å².